The van der Waals surface area contributed by atoms with Gasteiger partial charge in [0.25, 0.3) is 0 Å². The number of nitriles is 1. The number of nitrogens with zero attached hydrogens (tertiary/aromatic N) is 2. The summed E-state index contributed by atoms with van der Waals surface area (Å²) in [5, 5.41) is 8.74. The minimum atomic E-state index is -0.230. The second kappa shape index (κ2) is 8.72. The maximum atomic E-state index is 13.5. The lowest BCUT2D eigenvalue weighted by Gasteiger charge is -2.34. The monoisotopic (exact) mass is 380 g/mol. The highest BCUT2D eigenvalue weighted by Gasteiger charge is 2.31. The maximum Gasteiger partial charge on any atom is 0.123 e. The van der Waals surface area contributed by atoms with Crippen molar-refractivity contribution < 1.29 is 13.9 Å². The van der Waals surface area contributed by atoms with Gasteiger partial charge in [0.05, 0.1) is 25.2 Å². The third-order valence-electron chi connectivity index (χ3n) is 5.51. The predicted octanol–water partition coefficient (Wildman–Crippen LogP) is 4.22. The number of ether oxygens (including phenoxy) is 2. The van der Waals surface area contributed by atoms with Crippen molar-refractivity contribution in [1.29, 1.82) is 5.26 Å². The molecule has 0 radical (unpaired) electrons. The van der Waals surface area contributed by atoms with Gasteiger partial charge in [-0.25, -0.2) is 4.39 Å². The molecule has 0 bridgehead atoms. The van der Waals surface area contributed by atoms with Gasteiger partial charge in [0.15, 0.2) is 0 Å². The van der Waals surface area contributed by atoms with E-state index in [0.717, 1.165) is 48.5 Å². The van der Waals surface area contributed by atoms with Crippen molar-refractivity contribution in [2.45, 2.75) is 31.8 Å². The number of hydrogen-bond donors (Lipinski definition) is 0. The normalized spacial score (nSPS) is 22.4. The Bertz CT molecular complexity index is 842. The van der Waals surface area contributed by atoms with Gasteiger partial charge in [-0.3, -0.25) is 4.90 Å². The van der Waals surface area contributed by atoms with Crippen molar-refractivity contribution in [3.05, 3.63) is 64.7 Å². The van der Waals surface area contributed by atoms with Gasteiger partial charge in [-0.1, -0.05) is 12.1 Å². The molecule has 2 aliphatic heterocycles. The first kappa shape index (κ1) is 18.9. The molecule has 1 unspecified atom stereocenters. The van der Waals surface area contributed by atoms with Crippen molar-refractivity contribution in [2.75, 3.05) is 32.8 Å². The van der Waals surface area contributed by atoms with Crippen LogP contribution < -0.4 is 0 Å². The van der Waals surface area contributed by atoms with Crippen molar-refractivity contribution in [3.63, 3.8) is 0 Å². The lowest BCUT2D eigenvalue weighted by Crippen LogP contribution is -2.31. The van der Waals surface area contributed by atoms with E-state index < -0.39 is 0 Å². The lowest BCUT2D eigenvalue weighted by molar-refractivity contribution is 0.0872. The Morgan fingerprint density at radius 1 is 1.21 bits per heavy atom. The molecule has 146 valence electrons. The molecule has 2 heterocycles. The van der Waals surface area contributed by atoms with Crippen LogP contribution in [0.2, 0.25) is 0 Å². The molecule has 1 aromatic carbocycles. The quantitative estimate of drug-likeness (QED) is 0.694. The SMILES string of the molecule is N#CCCOC1=CCC2OCC(CN3CCCC3)=C(c3ccc(F)cc3)C2=C1. The van der Waals surface area contributed by atoms with Crippen LogP contribution in [0.5, 0.6) is 0 Å². The highest BCUT2D eigenvalue weighted by atomic mass is 19.1. The molecule has 28 heavy (non-hydrogen) atoms. The van der Waals surface area contributed by atoms with Crippen LogP contribution in [0.25, 0.3) is 5.57 Å². The number of fused-ring (bicyclic) bond motifs is 1. The average molecular weight is 380 g/mol. The van der Waals surface area contributed by atoms with E-state index in [-0.39, 0.29) is 11.9 Å². The summed E-state index contributed by atoms with van der Waals surface area (Å²) < 4.78 is 25.5. The fraction of sp³-hybridized carbons (Fsp3) is 0.435. The summed E-state index contributed by atoms with van der Waals surface area (Å²) in [6, 6.07) is 8.85. The van der Waals surface area contributed by atoms with Crippen LogP contribution in [0.1, 0.15) is 31.2 Å². The van der Waals surface area contributed by atoms with Crippen LogP contribution >= 0.6 is 0 Å². The van der Waals surface area contributed by atoms with Crippen molar-refractivity contribution in [3.8, 4) is 6.07 Å². The Morgan fingerprint density at radius 2 is 2.00 bits per heavy atom. The number of hydrogen-bond acceptors (Lipinski definition) is 4. The molecular formula is C23H25FN2O2. The molecule has 1 fully saturated rings. The van der Waals surface area contributed by atoms with Crippen molar-refractivity contribution >= 4 is 5.57 Å². The molecule has 5 heteroatoms. The summed E-state index contributed by atoms with van der Waals surface area (Å²) in [4.78, 5) is 2.46. The van der Waals surface area contributed by atoms with Crippen molar-refractivity contribution in [1.82, 2.24) is 4.90 Å². The van der Waals surface area contributed by atoms with Crippen molar-refractivity contribution in [2.24, 2.45) is 0 Å². The van der Waals surface area contributed by atoms with Gasteiger partial charge in [0.2, 0.25) is 0 Å². The molecule has 1 atom stereocenters. The summed E-state index contributed by atoms with van der Waals surface area (Å²) in [5.41, 5.74) is 4.53. The second-order valence-electron chi connectivity index (χ2n) is 7.47. The molecule has 1 aliphatic carbocycles. The zero-order valence-electron chi connectivity index (χ0n) is 16.0. The number of halogens is 1. The number of likely N-dealkylation sites (tertiary alicyclic amines) is 1. The Balaban J connectivity index is 1.69. The highest BCUT2D eigenvalue weighted by molar-refractivity contribution is 5.84. The molecule has 4 rings (SSSR count). The maximum absolute atomic E-state index is 13.5. The Kier molecular flexibility index (Phi) is 5.90. The second-order valence-corrected chi connectivity index (χ2v) is 7.47. The Labute approximate surface area is 165 Å². The first-order chi connectivity index (χ1) is 13.7. The lowest BCUT2D eigenvalue weighted by atomic mass is 9.84. The fourth-order valence-electron chi connectivity index (χ4n) is 4.16. The number of benzene rings is 1. The van der Waals surface area contributed by atoms with E-state index in [0.29, 0.717) is 19.6 Å². The molecule has 1 saturated heterocycles. The first-order valence-corrected chi connectivity index (χ1v) is 9.98. The summed E-state index contributed by atoms with van der Waals surface area (Å²) in [6.07, 6.45) is 7.64. The highest BCUT2D eigenvalue weighted by Crippen LogP contribution is 2.39. The number of rotatable bonds is 6. The van der Waals surface area contributed by atoms with E-state index in [1.54, 1.807) is 0 Å². The van der Waals surface area contributed by atoms with Gasteiger partial charge < -0.3 is 9.47 Å². The molecule has 0 aromatic heterocycles. The fourth-order valence-corrected chi connectivity index (χ4v) is 4.16. The molecule has 0 N–H and O–H groups in total. The zero-order valence-corrected chi connectivity index (χ0v) is 16.0. The zero-order chi connectivity index (χ0) is 19.3. The van der Waals surface area contributed by atoms with Gasteiger partial charge >= 0.3 is 0 Å². The number of allylic oxidation sites excluding steroid dienone is 1. The molecular weight excluding hydrogens is 355 g/mol. The third-order valence-corrected chi connectivity index (χ3v) is 5.51. The molecule has 0 spiro atoms. The topological polar surface area (TPSA) is 45.5 Å². The smallest absolute Gasteiger partial charge is 0.123 e. The predicted molar refractivity (Wildman–Crippen MR) is 106 cm³/mol. The summed E-state index contributed by atoms with van der Waals surface area (Å²) in [7, 11) is 0. The minimum Gasteiger partial charge on any atom is -0.493 e. The molecule has 0 amide bonds. The summed E-state index contributed by atoms with van der Waals surface area (Å²) >= 11 is 0. The van der Waals surface area contributed by atoms with Gasteiger partial charge in [0.1, 0.15) is 18.2 Å². The molecule has 3 aliphatic rings. The van der Waals surface area contributed by atoms with E-state index >= 15 is 0 Å². The van der Waals surface area contributed by atoms with Gasteiger partial charge in [0, 0.05) is 6.54 Å². The van der Waals surface area contributed by atoms with E-state index in [1.165, 1.54) is 30.5 Å². The van der Waals surface area contributed by atoms with E-state index in [9.17, 15) is 4.39 Å². The van der Waals surface area contributed by atoms with Gasteiger partial charge in [-0.05, 0) is 78.9 Å². The molecule has 0 saturated carbocycles. The Hall–Kier alpha value is -2.42. The van der Waals surface area contributed by atoms with Gasteiger partial charge in [-0.15, -0.1) is 0 Å². The van der Waals surface area contributed by atoms with E-state index in [2.05, 4.69) is 11.0 Å². The average Bonchev–Trinajstić information content (AvgIpc) is 3.22. The Morgan fingerprint density at radius 3 is 2.75 bits per heavy atom. The van der Waals surface area contributed by atoms with Crippen LogP contribution in [0.4, 0.5) is 4.39 Å². The van der Waals surface area contributed by atoms with E-state index in [1.807, 2.05) is 24.3 Å². The van der Waals surface area contributed by atoms with Gasteiger partial charge in [-0.2, -0.15) is 5.26 Å². The standard InChI is InChI=1S/C23H25FN2O2/c24-19-6-4-17(5-7-19)23-18(15-26-11-1-2-12-26)16-28-22-9-8-20(14-21(22)23)27-13-3-10-25/h4-8,14,22H,1-3,9,11-13,15-16H2. The molecule has 1 aromatic rings. The van der Waals surface area contributed by atoms with Crippen LogP contribution in [0, 0.1) is 17.1 Å². The van der Waals surface area contributed by atoms with Crippen LogP contribution in [0.3, 0.4) is 0 Å². The third kappa shape index (κ3) is 4.19. The first-order valence-electron chi connectivity index (χ1n) is 9.98. The minimum absolute atomic E-state index is 0.00861. The van der Waals surface area contributed by atoms with E-state index in [4.69, 9.17) is 14.7 Å². The largest absolute Gasteiger partial charge is 0.493 e. The summed E-state index contributed by atoms with van der Waals surface area (Å²) in [6.45, 7) is 4.10. The van der Waals surface area contributed by atoms with Crippen LogP contribution in [-0.2, 0) is 9.47 Å². The molecule has 4 nitrogen and oxygen atoms in total. The van der Waals surface area contributed by atoms with Crippen LogP contribution in [-0.4, -0.2) is 43.9 Å². The van der Waals surface area contributed by atoms with Crippen LogP contribution in [0.15, 0.2) is 53.3 Å². The summed E-state index contributed by atoms with van der Waals surface area (Å²) in [5.74, 6) is 0.555.